The number of benzene rings is 1. The van der Waals surface area contributed by atoms with Crippen molar-refractivity contribution in [3.05, 3.63) is 71.0 Å². The predicted molar refractivity (Wildman–Crippen MR) is 85.6 cm³/mol. The van der Waals surface area contributed by atoms with Crippen molar-refractivity contribution < 1.29 is 8.81 Å². The first kappa shape index (κ1) is 14.6. The smallest absolute Gasteiger partial charge is 0.245 e. The van der Waals surface area contributed by atoms with Crippen LogP contribution in [0.15, 0.2) is 47.0 Å². The van der Waals surface area contributed by atoms with Crippen LogP contribution in [0.5, 0.6) is 0 Å². The SMILES string of the molecule is N#Cc1ccc(C2CCc3oc(-c4ccccn4)nc3C2)cc1F. The van der Waals surface area contributed by atoms with Crippen LogP contribution >= 0.6 is 0 Å². The Morgan fingerprint density at radius 3 is 2.92 bits per heavy atom. The average molecular weight is 319 g/mol. The van der Waals surface area contributed by atoms with Gasteiger partial charge in [-0.3, -0.25) is 4.98 Å². The van der Waals surface area contributed by atoms with E-state index >= 15 is 0 Å². The Morgan fingerprint density at radius 1 is 1.25 bits per heavy atom. The minimum Gasteiger partial charge on any atom is -0.440 e. The molecule has 1 aliphatic rings. The molecule has 118 valence electrons. The first-order chi connectivity index (χ1) is 11.7. The molecule has 0 fully saturated rings. The van der Waals surface area contributed by atoms with Gasteiger partial charge in [0.1, 0.15) is 23.3 Å². The van der Waals surface area contributed by atoms with Gasteiger partial charge in [-0.2, -0.15) is 5.26 Å². The van der Waals surface area contributed by atoms with Crippen molar-refractivity contribution in [2.24, 2.45) is 0 Å². The first-order valence-electron chi connectivity index (χ1n) is 7.84. The molecule has 0 bridgehead atoms. The molecular weight excluding hydrogens is 305 g/mol. The number of aryl methyl sites for hydroxylation is 1. The van der Waals surface area contributed by atoms with E-state index in [0.717, 1.165) is 29.9 Å². The Labute approximate surface area is 138 Å². The van der Waals surface area contributed by atoms with Crippen molar-refractivity contribution in [3.63, 3.8) is 0 Å². The number of pyridine rings is 1. The lowest BCUT2D eigenvalue weighted by molar-refractivity contribution is 0.463. The van der Waals surface area contributed by atoms with Crippen molar-refractivity contribution in [1.82, 2.24) is 9.97 Å². The van der Waals surface area contributed by atoms with Crippen LogP contribution in [0.25, 0.3) is 11.6 Å². The molecule has 1 aromatic carbocycles. The fraction of sp³-hybridized carbons (Fsp3) is 0.211. The van der Waals surface area contributed by atoms with Gasteiger partial charge in [-0.05, 0) is 42.2 Å². The summed E-state index contributed by atoms with van der Waals surface area (Å²) in [5.74, 6) is 1.14. The molecule has 1 aliphatic carbocycles. The van der Waals surface area contributed by atoms with Crippen LogP contribution in [-0.4, -0.2) is 9.97 Å². The highest BCUT2D eigenvalue weighted by Crippen LogP contribution is 2.34. The van der Waals surface area contributed by atoms with Gasteiger partial charge in [0.2, 0.25) is 5.89 Å². The second-order valence-electron chi connectivity index (χ2n) is 5.89. The largest absolute Gasteiger partial charge is 0.440 e. The zero-order chi connectivity index (χ0) is 16.5. The summed E-state index contributed by atoms with van der Waals surface area (Å²) in [6, 6.07) is 12.3. The highest BCUT2D eigenvalue weighted by molar-refractivity contribution is 5.47. The van der Waals surface area contributed by atoms with Crippen LogP contribution in [0.1, 0.15) is 34.9 Å². The van der Waals surface area contributed by atoms with Gasteiger partial charge in [0.15, 0.2) is 0 Å². The molecule has 1 atom stereocenters. The molecular formula is C19H14FN3O. The maximum absolute atomic E-state index is 13.9. The summed E-state index contributed by atoms with van der Waals surface area (Å²) in [4.78, 5) is 8.84. The Bertz CT molecular complexity index is 928. The van der Waals surface area contributed by atoms with Crippen LogP contribution in [-0.2, 0) is 12.8 Å². The van der Waals surface area contributed by atoms with E-state index in [9.17, 15) is 4.39 Å². The van der Waals surface area contributed by atoms with Crippen molar-refractivity contribution in [3.8, 4) is 17.7 Å². The lowest BCUT2D eigenvalue weighted by Crippen LogP contribution is -2.12. The summed E-state index contributed by atoms with van der Waals surface area (Å²) in [6.07, 6.45) is 4.05. The third-order valence-electron chi connectivity index (χ3n) is 4.41. The molecule has 0 amide bonds. The van der Waals surface area contributed by atoms with Crippen molar-refractivity contribution in [2.75, 3.05) is 0 Å². The Hall–Kier alpha value is -3.00. The Kier molecular flexibility index (Phi) is 3.58. The first-order valence-corrected chi connectivity index (χ1v) is 7.84. The summed E-state index contributed by atoms with van der Waals surface area (Å²) >= 11 is 0. The minimum absolute atomic E-state index is 0.0779. The number of oxazole rings is 1. The lowest BCUT2D eigenvalue weighted by Gasteiger charge is -2.20. The topological polar surface area (TPSA) is 62.7 Å². The summed E-state index contributed by atoms with van der Waals surface area (Å²) in [5, 5.41) is 8.84. The third kappa shape index (κ3) is 2.56. The summed E-state index contributed by atoms with van der Waals surface area (Å²) in [5.41, 5.74) is 2.61. The molecule has 0 saturated carbocycles. The molecule has 2 heterocycles. The zero-order valence-electron chi connectivity index (χ0n) is 12.9. The van der Waals surface area contributed by atoms with E-state index < -0.39 is 5.82 Å². The second kappa shape index (κ2) is 5.89. The molecule has 0 saturated heterocycles. The number of hydrogen-bond acceptors (Lipinski definition) is 4. The molecule has 0 spiro atoms. The normalized spacial score (nSPS) is 16.4. The number of nitriles is 1. The van der Waals surface area contributed by atoms with Gasteiger partial charge >= 0.3 is 0 Å². The number of fused-ring (bicyclic) bond motifs is 1. The quantitative estimate of drug-likeness (QED) is 0.715. The fourth-order valence-electron chi connectivity index (χ4n) is 3.14. The van der Waals surface area contributed by atoms with Crippen LogP contribution in [0.2, 0.25) is 0 Å². The fourth-order valence-corrected chi connectivity index (χ4v) is 3.14. The molecule has 0 N–H and O–H groups in total. The van der Waals surface area contributed by atoms with Gasteiger partial charge in [0.25, 0.3) is 0 Å². The van der Waals surface area contributed by atoms with Crippen LogP contribution in [0.3, 0.4) is 0 Å². The van der Waals surface area contributed by atoms with Gasteiger partial charge in [0, 0.05) is 19.0 Å². The molecule has 24 heavy (non-hydrogen) atoms. The summed E-state index contributed by atoms with van der Waals surface area (Å²) in [6.45, 7) is 0. The standard InChI is InChI=1S/C19H14FN3O/c20-15-9-12(4-5-14(15)11-21)13-6-7-18-17(10-13)23-19(24-18)16-3-1-2-8-22-16/h1-5,8-9,13H,6-7,10H2. The number of aromatic nitrogens is 2. The lowest BCUT2D eigenvalue weighted by atomic mass is 9.84. The monoisotopic (exact) mass is 319 g/mol. The van der Waals surface area contributed by atoms with Gasteiger partial charge in [-0.15, -0.1) is 0 Å². The van der Waals surface area contributed by atoms with Gasteiger partial charge in [-0.25, -0.2) is 9.37 Å². The molecule has 4 rings (SSSR count). The number of nitrogens with zero attached hydrogens (tertiary/aromatic N) is 3. The Morgan fingerprint density at radius 2 is 2.17 bits per heavy atom. The van der Waals surface area contributed by atoms with Crippen LogP contribution in [0.4, 0.5) is 4.39 Å². The van der Waals surface area contributed by atoms with Crippen molar-refractivity contribution >= 4 is 0 Å². The van der Waals surface area contributed by atoms with E-state index in [0.29, 0.717) is 18.0 Å². The highest BCUT2D eigenvalue weighted by atomic mass is 19.1. The van der Waals surface area contributed by atoms with E-state index in [-0.39, 0.29) is 11.5 Å². The maximum atomic E-state index is 13.9. The zero-order valence-corrected chi connectivity index (χ0v) is 12.9. The maximum Gasteiger partial charge on any atom is 0.245 e. The third-order valence-corrected chi connectivity index (χ3v) is 4.41. The Balaban J connectivity index is 1.61. The van der Waals surface area contributed by atoms with Crippen molar-refractivity contribution in [1.29, 1.82) is 5.26 Å². The number of hydrogen-bond donors (Lipinski definition) is 0. The minimum atomic E-state index is -0.463. The molecule has 4 nitrogen and oxygen atoms in total. The number of halogens is 1. The number of rotatable bonds is 2. The molecule has 3 aromatic rings. The van der Waals surface area contributed by atoms with Gasteiger partial charge in [0.05, 0.1) is 11.3 Å². The average Bonchev–Trinajstić information content (AvgIpc) is 3.05. The molecule has 0 radical (unpaired) electrons. The second-order valence-corrected chi connectivity index (χ2v) is 5.89. The van der Waals surface area contributed by atoms with E-state index in [1.807, 2.05) is 30.3 Å². The van der Waals surface area contributed by atoms with Gasteiger partial charge in [-0.1, -0.05) is 12.1 Å². The molecule has 2 aromatic heterocycles. The van der Waals surface area contributed by atoms with Crippen LogP contribution in [0, 0.1) is 17.1 Å². The van der Waals surface area contributed by atoms with E-state index in [1.165, 1.54) is 6.07 Å². The highest BCUT2D eigenvalue weighted by Gasteiger charge is 2.26. The van der Waals surface area contributed by atoms with E-state index in [1.54, 1.807) is 12.3 Å². The van der Waals surface area contributed by atoms with Crippen LogP contribution < -0.4 is 0 Å². The van der Waals surface area contributed by atoms with Crippen molar-refractivity contribution in [2.45, 2.75) is 25.2 Å². The van der Waals surface area contributed by atoms with Gasteiger partial charge < -0.3 is 4.42 Å². The summed E-state index contributed by atoms with van der Waals surface area (Å²) < 4.78 is 19.7. The molecule has 0 aliphatic heterocycles. The summed E-state index contributed by atoms with van der Waals surface area (Å²) in [7, 11) is 0. The van der Waals surface area contributed by atoms with E-state index in [4.69, 9.17) is 9.68 Å². The predicted octanol–water partition coefficient (Wildman–Crippen LogP) is 4.02. The molecule has 1 unspecified atom stereocenters. The van der Waals surface area contributed by atoms with E-state index in [2.05, 4.69) is 9.97 Å². The molecule has 5 heteroatoms.